The van der Waals surface area contributed by atoms with Crippen LogP contribution in [0.5, 0.6) is 0 Å². The minimum atomic E-state index is -0.161. The van der Waals surface area contributed by atoms with E-state index in [1.165, 1.54) is 0 Å². The van der Waals surface area contributed by atoms with Crippen molar-refractivity contribution in [2.24, 2.45) is 5.16 Å². The van der Waals surface area contributed by atoms with Gasteiger partial charge in [0.05, 0.1) is 18.2 Å². The molecule has 2 aromatic rings. The SMILES string of the molecule is OCC1=NO[C@@H](c2ccccc2)[C@@H]1c1ccccc1. The molecule has 1 heterocycles. The summed E-state index contributed by atoms with van der Waals surface area (Å²) in [6, 6.07) is 20.0. The first-order chi connectivity index (χ1) is 9.40. The molecule has 0 unspecified atom stereocenters. The van der Waals surface area contributed by atoms with Gasteiger partial charge in [0, 0.05) is 0 Å². The molecule has 3 heteroatoms. The summed E-state index contributed by atoms with van der Waals surface area (Å²) in [6.45, 7) is -0.0805. The third kappa shape index (κ3) is 2.25. The molecule has 2 aromatic carbocycles. The fraction of sp³-hybridized carbons (Fsp3) is 0.188. The summed E-state index contributed by atoms with van der Waals surface area (Å²) in [7, 11) is 0. The zero-order valence-corrected chi connectivity index (χ0v) is 10.4. The van der Waals surface area contributed by atoms with Crippen molar-refractivity contribution >= 4 is 5.71 Å². The molecule has 1 N–H and O–H groups in total. The molecule has 19 heavy (non-hydrogen) atoms. The van der Waals surface area contributed by atoms with Crippen molar-refractivity contribution in [3.8, 4) is 0 Å². The zero-order valence-electron chi connectivity index (χ0n) is 10.4. The Morgan fingerprint density at radius 2 is 1.47 bits per heavy atom. The number of aliphatic hydroxyl groups excluding tert-OH is 1. The molecule has 1 aliphatic rings. The Morgan fingerprint density at radius 3 is 2.05 bits per heavy atom. The predicted molar refractivity (Wildman–Crippen MR) is 74.0 cm³/mol. The van der Waals surface area contributed by atoms with Gasteiger partial charge in [-0.05, 0) is 11.1 Å². The minimum absolute atomic E-state index is 0.0198. The molecule has 0 aliphatic carbocycles. The van der Waals surface area contributed by atoms with E-state index in [1.54, 1.807) is 0 Å². The molecule has 0 spiro atoms. The molecule has 0 aromatic heterocycles. The summed E-state index contributed by atoms with van der Waals surface area (Å²) >= 11 is 0. The molecule has 0 radical (unpaired) electrons. The average Bonchev–Trinajstić information content (AvgIpc) is 2.93. The second-order valence-corrected chi connectivity index (χ2v) is 4.57. The molecule has 0 fully saturated rings. The Balaban J connectivity index is 1.98. The second kappa shape index (κ2) is 5.24. The van der Waals surface area contributed by atoms with E-state index in [2.05, 4.69) is 5.16 Å². The van der Waals surface area contributed by atoms with Crippen LogP contribution in [0.2, 0.25) is 0 Å². The van der Waals surface area contributed by atoms with Crippen molar-refractivity contribution in [2.75, 3.05) is 6.61 Å². The molecule has 1 aliphatic heterocycles. The standard InChI is InChI=1S/C16H15NO2/c18-11-14-15(12-7-3-1-4-8-12)16(19-17-14)13-9-5-2-6-10-13/h1-10,15-16,18H,11H2/t15-,16+/m1/s1. The third-order valence-corrected chi connectivity index (χ3v) is 3.39. The van der Waals surface area contributed by atoms with Crippen molar-refractivity contribution < 1.29 is 9.94 Å². The van der Waals surface area contributed by atoms with Gasteiger partial charge in [-0.25, -0.2) is 0 Å². The maximum absolute atomic E-state index is 9.45. The van der Waals surface area contributed by atoms with Gasteiger partial charge in [0.15, 0.2) is 6.10 Å². The van der Waals surface area contributed by atoms with E-state index in [9.17, 15) is 5.11 Å². The van der Waals surface area contributed by atoms with E-state index >= 15 is 0 Å². The lowest BCUT2D eigenvalue weighted by Crippen LogP contribution is -2.18. The van der Waals surface area contributed by atoms with Gasteiger partial charge < -0.3 is 9.94 Å². The second-order valence-electron chi connectivity index (χ2n) is 4.57. The summed E-state index contributed by atoms with van der Waals surface area (Å²) < 4.78 is 0. The van der Waals surface area contributed by atoms with E-state index in [0.29, 0.717) is 5.71 Å². The fourth-order valence-corrected chi connectivity index (χ4v) is 2.47. The molecule has 0 bridgehead atoms. The number of aliphatic hydroxyl groups is 1. The van der Waals surface area contributed by atoms with Gasteiger partial charge in [-0.15, -0.1) is 0 Å². The molecule has 0 saturated carbocycles. The van der Waals surface area contributed by atoms with Crippen molar-refractivity contribution in [1.29, 1.82) is 0 Å². The minimum Gasteiger partial charge on any atom is -0.390 e. The molecule has 0 amide bonds. The Kier molecular flexibility index (Phi) is 3.29. The van der Waals surface area contributed by atoms with Gasteiger partial charge in [0.25, 0.3) is 0 Å². The molecule has 96 valence electrons. The van der Waals surface area contributed by atoms with Crippen LogP contribution < -0.4 is 0 Å². The van der Waals surface area contributed by atoms with Crippen molar-refractivity contribution in [3.05, 3.63) is 71.8 Å². The third-order valence-electron chi connectivity index (χ3n) is 3.39. The largest absolute Gasteiger partial charge is 0.390 e. The lowest BCUT2D eigenvalue weighted by molar-refractivity contribution is 0.0763. The van der Waals surface area contributed by atoms with Crippen LogP contribution in [0.15, 0.2) is 65.8 Å². The number of rotatable bonds is 3. The highest BCUT2D eigenvalue weighted by Gasteiger charge is 2.35. The summed E-state index contributed by atoms with van der Waals surface area (Å²) in [5.74, 6) is -0.0198. The molecular formula is C16H15NO2. The van der Waals surface area contributed by atoms with Gasteiger partial charge in [-0.3, -0.25) is 0 Å². The maximum Gasteiger partial charge on any atom is 0.164 e. The Hall–Kier alpha value is -2.13. The Labute approximate surface area is 112 Å². The van der Waals surface area contributed by atoms with E-state index in [1.807, 2.05) is 60.7 Å². The normalized spacial score (nSPS) is 21.8. The zero-order chi connectivity index (χ0) is 13.1. The van der Waals surface area contributed by atoms with Gasteiger partial charge in [-0.1, -0.05) is 65.8 Å². The first-order valence-electron chi connectivity index (χ1n) is 6.33. The molecule has 3 nitrogen and oxygen atoms in total. The first kappa shape index (κ1) is 11.9. The summed E-state index contributed by atoms with van der Waals surface area (Å²) in [6.07, 6.45) is -0.161. The Morgan fingerprint density at radius 1 is 0.895 bits per heavy atom. The van der Waals surface area contributed by atoms with E-state index in [0.717, 1.165) is 11.1 Å². The lowest BCUT2D eigenvalue weighted by Gasteiger charge is -2.19. The van der Waals surface area contributed by atoms with Crippen molar-refractivity contribution in [3.63, 3.8) is 0 Å². The summed E-state index contributed by atoms with van der Waals surface area (Å²) in [4.78, 5) is 5.54. The van der Waals surface area contributed by atoms with Gasteiger partial charge in [0.2, 0.25) is 0 Å². The smallest absolute Gasteiger partial charge is 0.164 e. The summed E-state index contributed by atoms with van der Waals surface area (Å²) in [5, 5.41) is 13.5. The highest BCUT2D eigenvalue weighted by molar-refractivity contribution is 5.93. The van der Waals surface area contributed by atoms with E-state index in [-0.39, 0.29) is 18.6 Å². The number of oxime groups is 1. The van der Waals surface area contributed by atoms with Crippen LogP contribution in [-0.2, 0) is 4.84 Å². The van der Waals surface area contributed by atoms with Crippen LogP contribution in [0.1, 0.15) is 23.1 Å². The Bertz CT molecular complexity index is 566. The van der Waals surface area contributed by atoms with Crippen LogP contribution in [0.4, 0.5) is 0 Å². The van der Waals surface area contributed by atoms with Crippen molar-refractivity contribution in [2.45, 2.75) is 12.0 Å². The van der Waals surface area contributed by atoms with Crippen LogP contribution in [0.25, 0.3) is 0 Å². The highest BCUT2D eigenvalue weighted by Crippen LogP contribution is 2.39. The predicted octanol–water partition coefficient (Wildman–Crippen LogP) is 2.89. The first-order valence-corrected chi connectivity index (χ1v) is 6.33. The number of benzene rings is 2. The fourth-order valence-electron chi connectivity index (χ4n) is 2.47. The topological polar surface area (TPSA) is 41.8 Å². The number of nitrogens with zero attached hydrogens (tertiary/aromatic N) is 1. The number of hydrogen-bond donors (Lipinski definition) is 1. The maximum atomic E-state index is 9.45. The lowest BCUT2D eigenvalue weighted by atomic mass is 9.86. The molecular weight excluding hydrogens is 238 g/mol. The van der Waals surface area contributed by atoms with Gasteiger partial charge in [-0.2, -0.15) is 0 Å². The monoisotopic (exact) mass is 253 g/mol. The number of hydrogen-bond acceptors (Lipinski definition) is 3. The van der Waals surface area contributed by atoms with Crippen LogP contribution in [0.3, 0.4) is 0 Å². The van der Waals surface area contributed by atoms with Crippen LogP contribution >= 0.6 is 0 Å². The van der Waals surface area contributed by atoms with Gasteiger partial charge >= 0.3 is 0 Å². The average molecular weight is 253 g/mol. The molecule has 3 rings (SSSR count). The van der Waals surface area contributed by atoms with Gasteiger partial charge in [0.1, 0.15) is 0 Å². The van der Waals surface area contributed by atoms with E-state index < -0.39 is 0 Å². The molecule has 0 saturated heterocycles. The van der Waals surface area contributed by atoms with Crippen LogP contribution in [-0.4, -0.2) is 17.4 Å². The van der Waals surface area contributed by atoms with Crippen LogP contribution in [0, 0.1) is 0 Å². The molecule has 2 atom stereocenters. The highest BCUT2D eigenvalue weighted by atomic mass is 16.6. The quantitative estimate of drug-likeness (QED) is 0.913. The summed E-state index contributed by atoms with van der Waals surface area (Å²) in [5.41, 5.74) is 2.87. The van der Waals surface area contributed by atoms with E-state index in [4.69, 9.17) is 4.84 Å². The van der Waals surface area contributed by atoms with Crippen molar-refractivity contribution in [1.82, 2.24) is 0 Å².